The number of thiazole rings is 1. The molecular weight excluding hydrogens is 410 g/mol. The van der Waals surface area contributed by atoms with Gasteiger partial charge in [-0.3, -0.25) is 4.79 Å². The molecule has 2 aromatic heterocycles. The van der Waals surface area contributed by atoms with Gasteiger partial charge >= 0.3 is 0 Å². The van der Waals surface area contributed by atoms with E-state index in [0.29, 0.717) is 21.9 Å². The third kappa shape index (κ3) is 3.72. The van der Waals surface area contributed by atoms with Gasteiger partial charge in [0.15, 0.2) is 5.82 Å². The van der Waals surface area contributed by atoms with Crippen LogP contribution in [0.2, 0.25) is 0 Å². The molecular formula is C24H21N3O3S. The lowest BCUT2D eigenvalue weighted by atomic mass is 10.0. The Hall–Kier alpha value is -3.45. The zero-order chi connectivity index (χ0) is 21.4. The Bertz CT molecular complexity index is 1390. The first kappa shape index (κ1) is 19.5. The van der Waals surface area contributed by atoms with Crippen molar-refractivity contribution in [2.45, 2.75) is 26.4 Å². The number of ether oxygens (including phenoxy) is 2. The van der Waals surface area contributed by atoms with Crippen LogP contribution in [0.4, 0.5) is 0 Å². The highest BCUT2D eigenvalue weighted by atomic mass is 32.1. The molecule has 5 rings (SSSR count). The van der Waals surface area contributed by atoms with Crippen LogP contribution in [0.5, 0.6) is 11.5 Å². The zero-order valence-corrected chi connectivity index (χ0v) is 18.1. The van der Waals surface area contributed by atoms with Gasteiger partial charge in [0, 0.05) is 11.1 Å². The van der Waals surface area contributed by atoms with Crippen molar-refractivity contribution in [2.24, 2.45) is 0 Å². The third-order valence-corrected chi connectivity index (χ3v) is 6.04. The van der Waals surface area contributed by atoms with E-state index in [0.717, 1.165) is 34.6 Å². The summed E-state index contributed by atoms with van der Waals surface area (Å²) in [6, 6.07) is 15.5. The minimum Gasteiger partial charge on any atom is -0.494 e. The van der Waals surface area contributed by atoms with E-state index in [1.165, 1.54) is 15.9 Å². The van der Waals surface area contributed by atoms with Crippen LogP contribution < -0.4 is 19.6 Å². The normalized spacial score (nSPS) is 16.1. The Morgan fingerprint density at radius 2 is 2.00 bits per heavy atom. The molecule has 0 fully saturated rings. The summed E-state index contributed by atoms with van der Waals surface area (Å²) in [6.07, 6.45) is 4.76. The highest BCUT2D eigenvalue weighted by molar-refractivity contribution is 7.15. The topological polar surface area (TPSA) is 65.7 Å². The molecule has 4 aromatic rings. The van der Waals surface area contributed by atoms with Crippen LogP contribution >= 0.6 is 11.3 Å². The fraction of sp³-hybridized carbons (Fsp3) is 0.208. The van der Waals surface area contributed by atoms with E-state index in [9.17, 15) is 4.79 Å². The summed E-state index contributed by atoms with van der Waals surface area (Å²) < 4.78 is 13.6. The second kappa shape index (κ2) is 8.00. The van der Waals surface area contributed by atoms with Gasteiger partial charge in [-0.15, -0.1) is 5.10 Å². The molecule has 0 radical (unpaired) electrons. The second-order valence-electron chi connectivity index (χ2n) is 7.36. The van der Waals surface area contributed by atoms with Gasteiger partial charge in [0.2, 0.25) is 4.96 Å². The van der Waals surface area contributed by atoms with Crippen LogP contribution in [0.3, 0.4) is 0 Å². The van der Waals surface area contributed by atoms with E-state index in [-0.39, 0.29) is 11.7 Å². The average Bonchev–Trinajstić information content (AvgIpc) is 3.32. The quantitative estimate of drug-likeness (QED) is 0.478. The van der Waals surface area contributed by atoms with Crippen molar-refractivity contribution in [2.75, 3.05) is 6.61 Å². The summed E-state index contributed by atoms with van der Waals surface area (Å²) >= 11 is 1.33. The minimum absolute atomic E-state index is 0.138. The van der Waals surface area contributed by atoms with Gasteiger partial charge in [-0.25, -0.2) is 0 Å². The van der Waals surface area contributed by atoms with Crippen LogP contribution in [0.1, 0.15) is 25.8 Å². The SMILES string of the molecule is CCCOc1ccc(-c2nc3s/c(=C\C4=Cc5ccccc5OC4C)c(=O)n3n2)cc1. The lowest BCUT2D eigenvalue weighted by Gasteiger charge is -2.22. The molecule has 0 aliphatic carbocycles. The maximum absolute atomic E-state index is 12.9. The number of fused-ring (bicyclic) bond motifs is 2. The standard InChI is InChI=1S/C24H21N3O3S/c1-3-12-29-19-10-8-16(9-11-19)22-25-24-27(26-22)23(28)21(31-24)14-18-13-17-6-4-5-7-20(17)30-15(18)2/h4-11,13-15H,3,12H2,1-2H3/b21-14-. The van der Waals surface area contributed by atoms with Gasteiger partial charge in [-0.1, -0.05) is 36.5 Å². The number of hydrogen-bond donors (Lipinski definition) is 0. The number of benzene rings is 2. The minimum atomic E-state index is -0.173. The predicted octanol–water partition coefficient (Wildman–Crippen LogP) is 3.97. The van der Waals surface area contributed by atoms with Crippen molar-refractivity contribution in [3.63, 3.8) is 0 Å². The summed E-state index contributed by atoms with van der Waals surface area (Å²) in [5.41, 5.74) is 2.63. The maximum atomic E-state index is 12.9. The second-order valence-corrected chi connectivity index (χ2v) is 8.37. The molecule has 0 spiro atoms. The summed E-state index contributed by atoms with van der Waals surface area (Å²) in [5.74, 6) is 2.19. The van der Waals surface area contributed by atoms with E-state index in [1.807, 2.05) is 61.5 Å². The monoisotopic (exact) mass is 431 g/mol. The molecule has 0 amide bonds. The van der Waals surface area contributed by atoms with Gasteiger partial charge < -0.3 is 9.47 Å². The first-order valence-electron chi connectivity index (χ1n) is 10.2. The van der Waals surface area contributed by atoms with Crippen LogP contribution in [-0.2, 0) is 0 Å². The number of nitrogens with zero attached hydrogens (tertiary/aromatic N) is 3. The Balaban J connectivity index is 1.48. The van der Waals surface area contributed by atoms with Crippen molar-refractivity contribution in [1.82, 2.24) is 14.6 Å². The number of aromatic nitrogens is 3. The molecule has 3 heterocycles. The van der Waals surface area contributed by atoms with Crippen molar-refractivity contribution in [3.8, 4) is 22.9 Å². The molecule has 0 bridgehead atoms. The maximum Gasteiger partial charge on any atom is 0.291 e. The lowest BCUT2D eigenvalue weighted by Crippen LogP contribution is -2.26. The molecule has 2 aromatic carbocycles. The summed E-state index contributed by atoms with van der Waals surface area (Å²) in [7, 11) is 0. The fourth-order valence-corrected chi connectivity index (χ4v) is 4.36. The third-order valence-electron chi connectivity index (χ3n) is 5.08. The van der Waals surface area contributed by atoms with E-state index in [1.54, 1.807) is 0 Å². The van der Waals surface area contributed by atoms with Crippen LogP contribution in [0.25, 0.3) is 28.5 Å². The van der Waals surface area contributed by atoms with E-state index < -0.39 is 0 Å². The van der Waals surface area contributed by atoms with Crippen LogP contribution in [0.15, 0.2) is 58.9 Å². The van der Waals surface area contributed by atoms with Gasteiger partial charge in [0.1, 0.15) is 17.6 Å². The summed E-state index contributed by atoms with van der Waals surface area (Å²) in [5, 5.41) is 4.43. The molecule has 1 unspecified atom stereocenters. The highest BCUT2D eigenvalue weighted by Gasteiger charge is 2.18. The Morgan fingerprint density at radius 3 is 2.77 bits per heavy atom. The molecule has 0 saturated heterocycles. The Morgan fingerprint density at radius 1 is 1.19 bits per heavy atom. The van der Waals surface area contributed by atoms with E-state index >= 15 is 0 Å². The number of para-hydroxylation sites is 1. The average molecular weight is 432 g/mol. The predicted molar refractivity (Wildman–Crippen MR) is 123 cm³/mol. The first-order valence-corrected chi connectivity index (χ1v) is 11.1. The van der Waals surface area contributed by atoms with Gasteiger partial charge in [0.25, 0.3) is 5.56 Å². The molecule has 0 saturated carbocycles. The highest BCUT2D eigenvalue weighted by Crippen LogP contribution is 2.29. The summed E-state index contributed by atoms with van der Waals surface area (Å²) in [6.45, 7) is 4.73. The molecule has 156 valence electrons. The number of hydrogen-bond acceptors (Lipinski definition) is 6. The van der Waals surface area contributed by atoms with Crippen molar-refractivity contribution in [1.29, 1.82) is 0 Å². The molecule has 6 nitrogen and oxygen atoms in total. The molecule has 7 heteroatoms. The van der Waals surface area contributed by atoms with Crippen molar-refractivity contribution in [3.05, 3.63) is 74.6 Å². The molecule has 1 aliphatic rings. The fourth-order valence-electron chi connectivity index (χ4n) is 3.45. The van der Waals surface area contributed by atoms with Crippen molar-refractivity contribution < 1.29 is 9.47 Å². The largest absolute Gasteiger partial charge is 0.494 e. The Kier molecular flexibility index (Phi) is 5.03. The molecule has 0 N–H and O–H groups in total. The zero-order valence-electron chi connectivity index (χ0n) is 17.2. The Labute approximate surface area is 183 Å². The smallest absolute Gasteiger partial charge is 0.291 e. The first-order chi connectivity index (χ1) is 15.1. The molecule has 31 heavy (non-hydrogen) atoms. The van der Waals surface area contributed by atoms with E-state index in [4.69, 9.17) is 9.47 Å². The number of rotatable bonds is 5. The summed E-state index contributed by atoms with van der Waals surface area (Å²) in [4.78, 5) is 18.1. The van der Waals surface area contributed by atoms with Gasteiger partial charge in [-0.2, -0.15) is 9.50 Å². The molecule has 1 atom stereocenters. The molecule has 1 aliphatic heterocycles. The lowest BCUT2D eigenvalue weighted by molar-refractivity contribution is 0.259. The van der Waals surface area contributed by atoms with Gasteiger partial charge in [0.05, 0.1) is 11.1 Å². The van der Waals surface area contributed by atoms with Crippen LogP contribution in [0, 0.1) is 0 Å². The van der Waals surface area contributed by atoms with Crippen LogP contribution in [-0.4, -0.2) is 27.3 Å². The van der Waals surface area contributed by atoms with E-state index in [2.05, 4.69) is 23.1 Å². The van der Waals surface area contributed by atoms with Gasteiger partial charge in [-0.05, 0) is 61.4 Å². The van der Waals surface area contributed by atoms with Crippen molar-refractivity contribution >= 4 is 28.4 Å².